The molecule has 0 aliphatic carbocycles. The average Bonchev–Trinajstić information content (AvgIpc) is 1.82. The minimum absolute atomic E-state index is 0.0400. The molecule has 13 heavy (non-hydrogen) atoms. The van der Waals surface area contributed by atoms with Crippen LogP contribution in [0.3, 0.4) is 0 Å². The van der Waals surface area contributed by atoms with Crippen molar-refractivity contribution in [3.05, 3.63) is 0 Å². The molecule has 80 valence electrons. The molecule has 0 amide bonds. The van der Waals surface area contributed by atoms with Crippen LogP contribution in [0.25, 0.3) is 0 Å². The zero-order chi connectivity index (χ0) is 10.5. The standard InChI is InChI=1S/C7H18N2O3S/c1-4-8-13(11,12)9-7(2,3)5-6-10/h8-10H,4-6H2,1-3H3. The van der Waals surface area contributed by atoms with Crippen LogP contribution in [0.4, 0.5) is 0 Å². The van der Waals surface area contributed by atoms with Crippen molar-refractivity contribution >= 4 is 10.2 Å². The van der Waals surface area contributed by atoms with Crippen molar-refractivity contribution in [1.82, 2.24) is 9.44 Å². The summed E-state index contributed by atoms with van der Waals surface area (Å²) in [6.07, 6.45) is 0.387. The highest BCUT2D eigenvalue weighted by molar-refractivity contribution is 7.87. The molecule has 0 fully saturated rings. The van der Waals surface area contributed by atoms with Gasteiger partial charge in [0.1, 0.15) is 0 Å². The maximum atomic E-state index is 11.2. The molecule has 0 atom stereocenters. The van der Waals surface area contributed by atoms with Crippen molar-refractivity contribution in [2.75, 3.05) is 13.2 Å². The number of hydrogen-bond acceptors (Lipinski definition) is 3. The quantitative estimate of drug-likeness (QED) is 0.558. The first-order valence-corrected chi connectivity index (χ1v) is 5.71. The molecule has 5 nitrogen and oxygen atoms in total. The summed E-state index contributed by atoms with van der Waals surface area (Å²) in [5.74, 6) is 0. The second kappa shape index (κ2) is 4.90. The predicted molar refractivity (Wildman–Crippen MR) is 51.5 cm³/mol. The molecule has 0 aliphatic heterocycles. The highest BCUT2D eigenvalue weighted by atomic mass is 32.2. The molecule has 0 spiro atoms. The molecule has 0 saturated carbocycles. The number of aliphatic hydroxyl groups excluding tert-OH is 1. The zero-order valence-electron chi connectivity index (χ0n) is 8.29. The Balaban J connectivity index is 4.25. The van der Waals surface area contributed by atoms with Crippen LogP contribution in [0.2, 0.25) is 0 Å². The number of rotatable bonds is 6. The molecule has 0 aromatic rings. The van der Waals surface area contributed by atoms with Gasteiger partial charge in [0.05, 0.1) is 0 Å². The van der Waals surface area contributed by atoms with Crippen molar-refractivity contribution in [2.24, 2.45) is 0 Å². The normalized spacial score (nSPS) is 13.2. The van der Waals surface area contributed by atoms with E-state index in [4.69, 9.17) is 5.11 Å². The Kier molecular flexibility index (Phi) is 4.83. The molecule has 6 heteroatoms. The van der Waals surface area contributed by atoms with E-state index in [1.165, 1.54) is 0 Å². The molecular formula is C7H18N2O3S. The second-order valence-electron chi connectivity index (χ2n) is 3.46. The van der Waals surface area contributed by atoms with Crippen molar-refractivity contribution in [1.29, 1.82) is 0 Å². The summed E-state index contributed by atoms with van der Waals surface area (Å²) in [5.41, 5.74) is -0.615. The van der Waals surface area contributed by atoms with Crippen LogP contribution in [0, 0.1) is 0 Å². The largest absolute Gasteiger partial charge is 0.396 e. The Morgan fingerprint density at radius 3 is 2.31 bits per heavy atom. The third kappa shape index (κ3) is 5.98. The SMILES string of the molecule is CCNS(=O)(=O)NC(C)(C)CCO. The van der Waals surface area contributed by atoms with Gasteiger partial charge >= 0.3 is 0 Å². The minimum Gasteiger partial charge on any atom is -0.396 e. The van der Waals surface area contributed by atoms with Crippen LogP contribution in [0.15, 0.2) is 0 Å². The van der Waals surface area contributed by atoms with E-state index in [9.17, 15) is 8.42 Å². The van der Waals surface area contributed by atoms with Crippen LogP contribution in [0.5, 0.6) is 0 Å². The molecule has 0 radical (unpaired) electrons. The van der Waals surface area contributed by atoms with Gasteiger partial charge in [-0.2, -0.15) is 13.1 Å². The first-order valence-electron chi connectivity index (χ1n) is 4.22. The molecule has 0 heterocycles. The van der Waals surface area contributed by atoms with Gasteiger partial charge in [0.2, 0.25) is 0 Å². The minimum atomic E-state index is -3.42. The molecule has 0 saturated heterocycles. The summed E-state index contributed by atoms with van der Waals surface area (Å²) in [6.45, 7) is 5.46. The summed E-state index contributed by atoms with van der Waals surface area (Å²) in [7, 11) is -3.42. The molecule has 0 unspecified atom stereocenters. The van der Waals surface area contributed by atoms with E-state index in [1.54, 1.807) is 20.8 Å². The highest BCUT2D eigenvalue weighted by Crippen LogP contribution is 2.07. The Hall–Kier alpha value is -0.170. The van der Waals surface area contributed by atoms with Crippen LogP contribution in [-0.4, -0.2) is 32.2 Å². The summed E-state index contributed by atoms with van der Waals surface area (Å²) in [5, 5.41) is 8.67. The zero-order valence-corrected chi connectivity index (χ0v) is 9.11. The first-order chi connectivity index (χ1) is 5.83. The fraction of sp³-hybridized carbons (Fsp3) is 1.00. The first kappa shape index (κ1) is 12.8. The monoisotopic (exact) mass is 210 g/mol. The third-order valence-corrected chi connectivity index (χ3v) is 2.97. The van der Waals surface area contributed by atoms with Gasteiger partial charge in [0.15, 0.2) is 0 Å². The number of nitrogens with one attached hydrogen (secondary N) is 2. The lowest BCUT2D eigenvalue weighted by atomic mass is 10.0. The van der Waals surface area contributed by atoms with Gasteiger partial charge in [-0.3, -0.25) is 0 Å². The molecule has 0 aromatic heterocycles. The fourth-order valence-electron chi connectivity index (χ4n) is 0.920. The van der Waals surface area contributed by atoms with Crippen molar-refractivity contribution in [2.45, 2.75) is 32.7 Å². The number of hydrogen-bond donors (Lipinski definition) is 3. The highest BCUT2D eigenvalue weighted by Gasteiger charge is 2.23. The van der Waals surface area contributed by atoms with Crippen molar-refractivity contribution < 1.29 is 13.5 Å². The Labute approximate surface area is 79.7 Å². The Bertz CT molecular complexity index is 236. The summed E-state index contributed by atoms with van der Waals surface area (Å²) in [6, 6.07) is 0. The van der Waals surface area contributed by atoms with E-state index in [0.29, 0.717) is 13.0 Å². The summed E-state index contributed by atoms with van der Waals surface area (Å²) < 4.78 is 27.2. The maximum absolute atomic E-state index is 11.2. The molecule has 0 aromatic carbocycles. The third-order valence-electron chi connectivity index (χ3n) is 1.48. The lowest BCUT2D eigenvalue weighted by Gasteiger charge is -2.24. The fourth-order valence-corrected chi connectivity index (χ4v) is 2.20. The molecule has 3 N–H and O–H groups in total. The van der Waals surface area contributed by atoms with Crippen molar-refractivity contribution in [3.63, 3.8) is 0 Å². The van der Waals surface area contributed by atoms with E-state index < -0.39 is 15.7 Å². The summed E-state index contributed by atoms with van der Waals surface area (Å²) in [4.78, 5) is 0. The lowest BCUT2D eigenvalue weighted by Crippen LogP contribution is -2.49. The van der Waals surface area contributed by atoms with E-state index in [2.05, 4.69) is 9.44 Å². The van der Waals surface area contributed by atoms with Gasteiger partial charge in [-0.15, -0.1) is 0 Å². The average molecular weight is 210 g/mol. The van der Waals surface area contributed by atoms with Crippen LogP contribution < -0.4 is 9.44 Å². The molecular weight excluding hydrogens is 192 g/mol. The maximum Gasteiger partial charge on any atom is 0.277 e. The number of aliphatic hydroxyl groups is 1. The van der Waals surface area contributed by atoms with Gasteiger partial charge in [-0.1, -0.05) is 6.92 Å². The molecule has 0 rings (SSSR count). The smallest absolute Gasteiger partial charge is 0.277 e. The van der Waals surface area contributed by atoms with E-state index >= 15 is 0 Å². The Morgan fingerprint density at radius 2 is 1.92 bits per heavy atom. The van der Waals surface area contributed by atoms with Crippen LogP contribution in [-0.2, 0) is 10.2 Å². The van der Waals surface area contributed by atoms with Gasteiger partial charge < -0.3 is 5.11 Å². The predicted octanol–water partition coefficient (Wildman–Crippen LogP) is -0.409. The van der Waals surface area contributed by atoms with Crippen LogP contribution >= 0.6 is 0 Å². The lowest BCUT2D eigenvalue weighted by molar-refractivity contribution is 0.245. The van der Waals surface area contributed by atoms with E-state index in [-0.39, 0.29) is 6.61 Å². The molecule has 0 aliphatic rings. The van der Waals surface area contributed by atoms with Gasteiger partial charge in [-0.05, 0) is 20.3 Å². The van der Waals surface area contributed by atoms with E-state index in [0.717, 1.165) is 0 Å². The van der Waals surface area contributed by atoms with Crippen LogP contribution in [0.1, 0.15) is 27.2 Å². The summed E-state index contributed by atoms with van der Waals surface area (Å²) >= 11 is 0. The molecule has 0 bridgehead atoms. The topological polar surface area (TPSA) is 78.4 Å². The second-order valence-corrected chi connectivity index (χ2v) is 4.96. The van der Waals surface area contributed by atoms with Gasteiger partial charge in [0.25, 0.3) is 10.2 Å². The van der Waals surface area contributed by atoms with E-state index in [1.807, 2.05) is 0 Å². The van der Waals surface area contributed by atoms with Crippen molar-refractivity contribution in [3.8, 4) is 0 Å². The Morgan fingerprint density at radius 1 is 1.38 bits per heavy atom. The van der Waals surface area contributed by atoms with Gasteiger partial charge in [0, 0.05) is 18.7 Å². The van der Waals surface area contributed by atoms with Gasteiger partial charge in [-0.25, -0.2) is 4.72 Å².